The van der Waals surface area contributed by atoms with Gasteiger partial charge in [0, 0.05) is 22.5 Å². The van der Waals surface area contributed by atoms with E-state index in [0.29, 0.717) is 6.61 Å². The normalized spacial score (nSPS) is 15.6. The van der Waals surface area contributed by atoms with Gasteiger partial charge in [-0.15, -0.1) is 0 Å². The van der Waals surface area contributed by atoms with E-state index in [1.54, 1.807) is 0 Å². The highest BCUT2D eigenvalue weighted by molar-refractivity contribution is 9.09. The maximum atomic E-state index is 10.8. The molecule has 4 heteroatoms. The van der Waals surface area contributed by atoms with Crippen LogP contribution >= 0.6 is 15.9 Å². The van der Waals surface area contributed by atoms with Gasteiger partial charge in [0.15, 0.2) is 0 Å². The van der Waals surface area contributed by atoms with E-state index in [0.717, 1.165) is 44.2 Å². The van der Waals surface area contributed by atoms with Crippen LogP contribution in [-0.4, -0.2) is 22.0 Å². The fourth-order valence-corrected chi connectivity index (χ4v) is 3.26. The molecule has 0 fully saturated rings. The van der Waals surface area contributed by atoms with Crippen molar-refractivity contribution < 1.29 is 9.84 Å². The molecule has 1 N–H and O–H groups in total. The number of alkyl halides is 1. The van der Waals surface area contributed by atoms with Crippen LogP contribution in [0.1, 0.15) is 17.2 Å². The Morgan fingerprint density at radius 1 is 1.14 bits per heavy atom. The highest BCUT2D eigenvalue weighted by Crippen LogP contribution is 2.44. The third-order valence-corrected chi connectivity index (χ3v) is 4.34. The van der Waals surface area contributed by atoms with E-state index in [4.69, 9.17) is 4.74 Å². The summed E-state index contributed by atoms with van der Waals surface area (Å²) >= 11 is 3.36. The monoisotopic (exact) mass is 355 g/mol. The molecule has 1 aliphatic carbocycles. The molecule has 1 heterocycles. The van der Waals surface area contributed by atoms with Gasteiger partial charge in [0.05, 0.1) is 12.3 Å². The minimum Gasteiger partial charge on any atom is -0.493 e. The maximum absolute atomic E-state index is 10.8. The maximum Gasteiger partial charge on any atom is 0.120 e. The van der Waals surface area contributed by atoms with E-state index in [2.05, 4.69) is 20.9 Å². The lowest BCUT2D eigenvalue weighted by Crippen LogP contribution is -2.10. The first-order valence-electron chi connectivity index (χ1n) is 7.18. The largest absolute Gasteiger partial charge is 0.493 e. The van der Waals surface area contributed by atoms with Crippen molar-refractivity contribution in [2.75, 3.05) is 11.9 Å². The first kappa shape index (κ1) is 13.7. The van der Waals surface area contributed by atoms with Crippen LogP contribution in [0.3, 0.4) is 0 Å². The molecular weight excluding hydrogens is 342 g/mol. The smallest absolute Gasteiger partial charge is 0.120 e. The van der Waals surface area contributed by atoms with E-state index in [9.17, 15) is 5.11 Å². The zero-order valence-corrected chi connectivity index (χ0v) is 13.4. The van der Waals surface area contributed by atoms with Gasteiger partial charge < -0.3 is 9.84 Å². The zero-order chi connectivity index (χ0) is 15.1. The summed E-state index contributed by atoms with van der Waals surface area (Å²) in [7, 11) is 0. The Labute approximate surface area is 136 Å². The Bertz CT molecular complexity index is 863. The molecule has 0 aliphatic heterocycles. The number of hydrogen-bond donors (Lipinski definition) is 1. The van der Waals surface area contributed by atoms with Gasteiger partial charge in [-0.3, -0.25) is 4.98 Å². The summed E-state index contributed by atoms with van der Waals surface area (Å²) in [6.07, 6.45) is 1.16. The molecule has 2 aromatic carbocycles. The number of nitrogens with zero attached hydrogens (tertiary/aromatic N) is 1. The number of halogens is 1. The van der Waals surface area contributed by atoms with Crippen molar-refractivity contribution in [2.45, 2.75) is 6.10 Å². The summed E-state index contributed by atoms with van der Waals surface area (Å²) in [5, 5.41) is 13.6. The summed E-state index contributed by atoms with van der Waals surface area (Å²) in [6.45, 7) is 0.593. The average molecular weight is 356 g/mol. The van der Waals surface area contributed by atoms with Crippen LogP contribution in [0, 0.1) is 0 Å². The number of aromatic nitrogens is 1. The predicted molar refractivity (Wildman–Crippen MR) is 90.5 cm³/mol. The number of benzene rings is 2. The van der Waals surface area contributed by atoms with Gasteiger partial charge in [0.2, 0.25) is 0 Å². The summed E-state index contributed by atoms with van der Waals surface area (Å²) < 4.78 is 5.73. The Kier molecular flexibility index (Phi) is 3.36. The van der Waals surface area contributed by atoms with Gasteiger partial charge in [-0.25, -0.2) is 0 Å². The van der Waals surface area contributed by atoms with Crippen molar-refractivity contribution in [3.63, 3.8) is 0 Å². The third kappa shape index (κ3) is 2.02. The molecule has 3 aromatic rings. The minimum absolute atomic E-state index is 0.593. The minimum atomic E-state index is -0.650. The van der Waals surface area contributed by atoms with E-state index in [-0.39, 0.29) is 0 Å². The predicted octanol–water partition coefficient (Wildman–Crippen LogP) is 4.07. The standard InChI is InChI=1S/C18H14BrNO2/c19-6-8-22-12-9-11-5-7-20-17-13-3-1-2-4-14(13)18(21)15(10-12)16(11)17/h1-5,7,9-10,18,21H,6,8H2. The number of fused-ring (bicyclic) bond motifs is 2. The molecule has 0 radical (unpaired) electrons. The molecule has 0 saturated heterocycles. The van der Waals surface area contributed by atoms with Crippen LogP contribution in [0.2, 0.25) is 0 Å². The Morgan fingerprint density at radius 2 is 2.00 bits per heavy atom. The molecule has 0 saturated carbocycles. The molecule has 1 aromatic heterocycles. The average Bonchev–Trinajstić information content (AvgIpc) is 2.57. The van der Waals surface area contributed by atoms with Crippen LogP contribution in [0.4, 0.5) is 0 Å². The molecule has 22 heavy (non-hydrogen) atoms. The molecule has 4 rings (SSSR count). The third-order valence-electron chi connectivity index (χ3n) is 4.02. The fourth-order valence-electron chi connectivity index (χ4n) is 3.10. The summed E-state index contributed by atoms with van der Waals surface area (Å²) in [5.41, 5.74) is 3.69. The van der Waals surface area contributed by atoms with Gasteiger partial charge in [-0.1, -0.05) is 40.2 Å². The molecule has 1 unspecified atom stereocenters. The Hall–Kier alpha value is -1.91. The summed E-state index contributed by atoms with van der Waals surface area (Å²) in [5.74, 6) is 0.775. The summed E-state index contributed by atoms with van der Waals surface area (Å²) in [4.78, 5) is 4.55. The first-order valence-corrected chi connectivity index (χ1v) is 8.30. The van der Waals surface area contributed by atoms with Crippen molar-refractivity contribution in [1.29, 1.82) is 0 Å². The lowest BCUT2D eigenvalue weighted by atomic mass is 9.84. The quantitative estimate of drug-likeness (QED) is 0.720. The van der Waals surface area contributed by atoms with Gasteiger partial charge in [0.25, 0.3) is 0 Å². The zero-order valence-electron chi connectivity index (χ0n) is 11.8. The number of rotatable bonds is 3. The number of aliphatic hydroxyl groups is 1. The van der Waals surface area contributed by atoms with Crippen molar-refractivity contribution in [1.82, 2.24) is 4.98 Å². The summed E-state index contributed by atoms with van der Waals surface area (Å²) in [6, 6.07) is 13.8. The van der Waals surface area contributed by atoms with Gasteiger partial charge in [-0.2, -0.15) is 0 Å². The van der Waals surface area contributed by atoms with Gasteiger partial charge in [-0.05, 0) is 34.7 Å². The number of pyridine rings is 1. The van der Waals surface area contributed by atoms with Crippen LogP contribution in [-0.2, 0) is 0 Å². The second-order valence-corrected chi connectivity index (χ2v) is 6.09. The highest BCUT2D eigenvalue weighted by Gasteiger charge is 2.26. The van der Waals surface area contributed by atoms with Gasteiger partial charge >= 0.3 is 0 Å². The van der Waals surface area contributed by atoms with E-state index in [1.165, 1.54) is 0 Å². The van der Waals surface area contributed by atoms with Crippen LogP contribution < -0.4 is 4.74 Å². The number of hydrogen-bond acceptors (Lipinski definition) is 3. The number of ether oxygens (including phenoxy) is 1. The molecule has 110 valence electrons. The van der Waals surface area contributed by atoms with Crippen LogP contribution in [0.15, 0.2) is 48.7 Å². The molecule has 0 amide bonds. The molecule has 1 atom stereocenters. The lowest BCUT2D eigenvalue weighted by molar-refractivity contribution is 0.221. The van der Waals surface area contributed by atoms with Gasteiger partial charge in [0.1, 0.15) is 11.9 Å². The van der Waals surface area contributed by atoms with E-state index >= 15 is 0 Å². The second-order valence-electron chi connectivity index (χ2n) is 5.30. The fraction of sp³-hybridized carbons (Fsp3) is 0.167. The lowest BCUT2D eigenvalue weighted by Gasteiger charge is -2.25. The highest BCUT2D eigenvalue weighted by atomic mass is 79.9. The molecule has 0 spiro atoms. The number of aliphatic hydroxyl groups excluding tert-OH is 1. The van der Waals surface area contributed by atoms with Crippen molar-refractivity contribution in [2.24, 2.45) is 0 Å². The van der Waals surface area contributed by atoms with Crippen molar-refractivity contribution in [3.8, 4) is 17.0 Å². The molecular formula is C18H14BrNO2. The topological polar surface area (TPSA) is 42.4 Å². The molecule has 1 aliphatic rings. The van der Waals surface area contributed by atoms with E-state index < -0.39 is 6.10 Å². The SMILES string of the molecule is OC1c2ccccc2-c2nccc3cc(OCCBr)cc1c23. The Balaban J connectivity index is 2.01. The van der Waals surface area contributed by atoms with Crippen molar-refractivity contribution >= 4 is 26.7 Å². The Morgan fingerprint density at radius 3 is 2.86 bits per heavy atom. The van der Waals surface area contributed by atoms with Crippen LogP contribution in [0.25, 0.3) is 22.0 Å². The first-order chi connectivity index (χ1) is 10.8. The molecule has 3 nitrogen and oxygen atoms in total. The molecule has 0 bridgehead atoms. The van der Waals surface area contributed by atoms with Crippen molar-refractivity contribution in [3.05, 3.63) is 59.8 Å². The second kappa shape index (κ2) is 5.38. The van der Waals surface area contributed by atoms with Crippen LogP contribution in [0.5, 0.6) is 5.75 Å². The van der Waals surface area contributed by atoms with E-state index in [1.807, 2.05) is 48.7 Å².